The maximum atomic E-state index is 9.06. The molecule has 0 bridgehead atoms. The highest BCUT2D eigenvalue weighted by Crippen LogP contribution is 2.31. The summed E-state index contributed by atoms with van der Waals surface area (Å²) in [5.41, 5.74) is 5.78. The number of rotatable bonds is 6. The topological polar surface area (TPSA) is 97.0 Å². The first-order valence-corrected chi connectivity index (χ1v) is 8.22. The third-order valence-electron chi connectivity index (χ3n) is 4.13. The monoisotopic (exact) mass is 345 g/mol. The van der Waals surface area contributed by atoms with Crippen molar-refractivity contribution in [3.05, 3.63) is 30.5 Å². The van der Waals surface area contributed by atoms with E-state index in [-0.39, 0.29) is 12.6 Å². The molecule has 3 N–H and O–H groups in total. The van der Waals surface area contributed by atoms with Gasteiger partial charge < -0.3 is 25.2 Å². The van der Waals surface area contributed by atoms with E-state index in [0.717, 1.165) is 31.9 Å². The summed E-state index contributed by atoms with van der Waals surface area (Å²) in [6.45, 7) is 4.14. The first kappa shape index (κ1) is 17.2. The van der Waals surface area contributed by atoms with Gasteiger partial charge in [0.05, 0.1) is 19.9 Å². The summed E-state index contributed by atoms with van der Waals surface area (Å²) in [5.74, 6) is 2.91. The molecule has 0 spiro atoms. The number of anilines is 2. The second-order valence-electron chi connectivity index (χ2n) is 5.75. The molecule has 1 aromatic heterocycles. The molecule has 0 atom stereocenters. The van der Waals surface area contributed by atoms with Crippen LogP contribution in [0.2, 0.25) is 0 Å². The Morgan fingerprint density at radius 2 is 1.80 bits per heavy atom. The van der Waals surface area contributed by atoms with Crippen molar-refractivity contribution in [3.63, 3.8) is 0 Å². The molecule has 1 fully saturated rings. The van der Waals surface area contributed by atoms with Crippen LogP contribution in [0.25, 0.3) is 0 Å². The SMILES string of the molecule is COc1ccc(Oc2cnc(N)nc2N2CCN(CCO)CC2)cc1. The summed E-state index contributed by atoms with van der Waals surface area (Å²) in [4.78, 5) is 12.8. The molecule has 0 amide bonds. The molecule has 0 aliphatic carbocycles. The van der Waals surface area contributed by atoms with Crippen molar-refractivity contribution in [3.8, 4) is 17.2 Å². The molecule has 0 unspecified atom stereocenters. The Hall–Kier alpha value is -2.58. The molecule has 3 rings (SSSR count). The van der Waals surface area contributed by atoms with Gasteiger partial charge in [-0.15, -0.1) is 0 Å². The number of aliphatic hydroxyl groups excluding tert-OH is 1. The Bertz CT molecular complexity index is 687. The fourth-order valence-electron chi connectivity index (χ4n) is 2.77. The molecule has 1 aliphatic rings. The number of piperazine rings is 1. The van der Waals surface area contributed by atoms with Crippen LogP contribution in [-0.2, 0) is 0 Å². The van der Waals surface area contributed by atoms with Crippen LogP contribution in [0.1, 0.15) is 0 Å². The van der Waals surface area contributed by atoms with Gasteiger partial charge in [-0.3, -0.25) is 4.90 Å². The van der Waals surface area contributed by atoms with Gasteiger partial charge in [0.15, 0.2) is 11.6 Å². The molecule has 1 aliphatic heterocycles. The number of methoxy groups -OCH3 is 1. The predicted molar refractivity (Wildman–Crippen MR) is 95.3 cm³/mol. The van der Waals surface area contributed by atoms with E-state index in [9.17, 15) is 0 Å². The van der Waals surface area contributed by atoms with Crippen LogP contribution in [0.15, 0.2) is 30.5 Å². The highest BCUT2D eigenvalue weighted by molar-refractivity contribution is 5.55. The van der Waals surface area contributed by atoms with Crippen LogP contribution < -0.4 is 20.1 Å². The van der Waals surface area contributed by atoms with Crippen LogP contribution in [0.5, 0.6) is 17.2 Å². The zero-order valence-electron chi connectivity index (χ0n) is 14.3. The standard InChI is InChI=1S/C17H23N5O3/c1-24-13-2-4-14(5-3-13)25-15-12-19-17(18)20-16(15)22-8-6-21(7-9-22)10-11-23/h2-5,12,23H,6-11H2,1H3,(H2,18,19,20). The Morgan fingerprint density at radius 1 is 1.12 bits per heavy atom. The summed E-state index contributed by atoms with van der Waals surface area (Å²) in [6.07, 6.45) is 1.60. The lowest BCUT2D eigenvalue weighted by molar-refractivity contribution is 0.188. The van der Waals surface area contributed by atoms with E-state index in [1.807, 2.05) is 24.3 Å². The van der Waals surface area contributed by atoms with Crippen LogP contribution in [0, 0.1) is 0 Å². The van der Waals surface area contributed by atoms with E-state index >= 15 is 0 Å². The molecule has 8 heteroatoms. The summed E-state index contributed by atoms with van der Waals surface area (Å²) in [7, 11) is 1.62. The number of aliphatic hydroxyl groups is 1. The van der Waals surface area contributed by atoms with Gasteiger partial charge in [0.2, 0.25) is 5.95 Å². The van der Waals surface area contributed by atoms with Gasteiger partial charge in [-0.25, -0.2) is 4.98 Å². The fraction of sp³-hybridized carbons (Fsp3) is 0.412. The third kappa shape index (κ3) is 4.28. The number of nitrogens with zero attached hydrogens (tertiary/aromatic N) is 4. The first-order valence-electron chi connectivity index (χ1n) is 8.22. The number of nitrogen functional groups attached to an aromatic ring is 1. The molecule has 1 saturated heterocycles. The zero-order valence-corrected chi connectivity index (χ0v) is 14.3. The van der Waals surface area contributed by atoms with Crippen LogP contribution in [0.4, 0.5) is 11.8 Å². The Kier molecular flexibility index (Phi) is 5.52. The molecule has 0 saturated carbocycles. The molecule has 2 aromatic rings. The second kappa shape index (κ2) is 8.00. The maximum Gasteiger partial charge on any atom is 0.222 e. The molecular weight excluding hydrogens is 322 g/mol. The van der Waals surface area contributed by atoms with Gasteiger partial charge >= 0.3 is 0 Å². The van der Waals surface area contributed by atoms with E-state index in [2.05, 4.69) is 19.8 Å². The van der Waals surface area contributed by atoms with Crippen molar-refractivity contribution in [2.45, 2.75) is 0 Å². The number of hydrogen-bond donors (Lipinski definition) is 2. The quantitative estimate of drug-likeness (QED) is 0.799. The van der Waals surface area contributed by atoms with Gasteiger partial charge in [-0.05, 0) is 24.3 Å². The average Bonchev–Trinajstić information content (AvgIpc) is 2.65. The van der Waals surface area contributed by atoms with E-state index in [0.29, 0.717) is 23.9 Å². The third-order valence-corrected chi connectivity index (χ3v) is 4.13. The van der Waals surface area contributed by atoms with Crippen molar-refractivity contribution in [1.82, 2.24) is 14.9 Å². The fourth-order valence-corrected chi connectivity index (χ4v) is 2.77. The number of ether oxygens (including phenoxy) is 2. The lowest BCUT2D eigenvalue weighted by atomic mass is 10.3. The minimum Gasteiger partial charge on any atom is -0.497 e. The summed E-state index contributed by atoms with van der Waals surface area (Å²) >= 11 is 0. The van der Waals surface area contributed by atoms with Crippen molar-refractivity contribution in [1.29, 1.82) is 0 Å². The van der Waals surface area contributed by atoms with Gasteiger partial charge in [0, 0.05) is 32.7 Å². The normalized spacial score (nSPS) is 15.2. The summed E-state index contributed by atoms with van der Waals surface area (Å²) in [6, 6.07) is 7.33. The Labute approximate surface area is 146 Å². The number of aromatic nitrogens is 2. The van der Waals surface area contributed by atoms with Gasteiger partial charge in [0.25, 0.3) is 0 Å². The van der Waals surface area contributed by atoms with Crippen LogP contribution >= 0.6 is 0 Å². The number of β-amino-alcohol motifs (C(OH)–C–C–N with tert-alkyl or cyclic N) is 1. The Balaban J connectivity index is 1.76. The van der Waals surface area contributed by atoms with E-state index in [1.165, 1.54) is 0 Å². The highest BCUT2D eigenvalue weighted by Gasteiger charge is 2.21. The zero-order chi connectivity index (χ0) is 17.6. The van der Waals surface area contributed by atoms with Gasteiger partial charge in [0.1, 0.15) is 11.5 Å². The highest BCUT2D eigenvalue weighted by atomic mass is 16.5. The number of hydrogen-bond acceptors (Lipinski definition) is 8. The predicted octanol–water partition coefficient (Wildman–Crippen LogP) is 0.974. The van der Waals surface area contributed by atoms with Gasteiger partial charge in [-0.2, -0.15) is 4.98 Å². The minimum atomic E-state index is 0.173. The van der Waals surface area contributed by atoms with Gasteiger partial charge in [-0.1, -0.05) is 0 Å². The smallest absolute Gasteiger partial charge is 0.222 e. The second-order valence-corrected chi connectivity index (χ2v) is 5.75. The Morgan fingerprint density at radius 3 is 2.44 bits per heavy atom. The van der Waals surface area contributed by atoms with E-state index in [1.54, 1.807) is 13.3 Å². The number of nitrogens with two attached hydrogens (primary N) is 1. The molecule has 134 valence electrons. The van der Waals surface area contributed by atoms with Crippen molar-refractivity contribution < 1.29 is 14.6 Å². The maximum absolute atomic E-state index is 9.06. The van der Waals surface area contributed by atoms with Crippen LogP contribution in [0.3, 0.4) is 0 Å². The molecule has 0 radical (unpaired) electrons. The van der Waals surface area contributed by atoms with E-state index in [4.69, 9.17) is 20.3 Å². The molecule has 2 heterocycles. The first-order chi connectivity index (χ1) is 12.2. The molecular formula is C17H23N5O3. The van der Waals surface area contributed by atoms with Crippen molar-refractivity contribution in [2.75, 3.05) is 57.1 Å². The van der Waals surface area contributed by atoms with Crippen molar-refractivity contribution >= 4 is 11.8 Å². The lowest BCUT2D eigenvalue weighted by Crippen LogP contribution is -2.47. The lowest BCUT2D eigenvalue weighted by Gasteiger charge is -2.35. The molecule has 8 nitrogen and oxygen atoms in total. The minimum absolute atomic E-state index is 0.173. The molecule has 25 heavy (non-hydrogen) atoms. The van der Waals surface area contributed by atoms with Crippen molar-refractivity contribution in [2.24, 2.45) is 0 Å². The van der Waals surface area contributed by atoms with E-state index < -0.39 is 0 Å². The molecule has 1 aromatic carbocycles. The largest absolute Gasteiger partial charge is 0.497 e. The summed E-state index contributed by atoms with van der Waals surface area (Å²) < 4.78 is 11.1. The number of benzene rings is 1. The average molecular weight is 345 g/mol. The summed E-state index contributed by atoms with van der Waals surface area (Å²) in [5, 5.41) is 9.06. The van der Waals surface area contributed by atoms with Crippen LogP contribution in [-0.4, -0.2) is 66.4 Å².